The van der Waals surface area contributed by atoms with E-state index in [1.54, 1.807) is 31.3 Å². The average Bonchev–Trinajstić information content (AvgIpc) is 2.77. The number of carbonyl (C=O) groups is 2. The predicted octanol–water partition coefficient (Wildman–Crippen LogP) is 2.92. The fourth-order valence-corrected chi connectivity index (χ4v) is 3.60. The van der Waals surface area contributed by atoms with Gasteiger partial charge in [0.15, 0.2) is 11.5 Å². The standard InChI is InChI=1S/C22H26N2O5/c1-15(16-7-8-19(28-2)20(14-16)29-3)23-9-11-24(12-10-23)21(25)17-5-4-6-18(13-17)22(26)27/h4-8,13-15H,9-12H2,1-3H3,(H,26,27). The largest absolute Gasteiger partial charge is 0.493 e. The van der Waals surface area contributed by atoms with Crippen LogP contribution in [0.4, 0.5) is 0 Å². The summed E-state index contributed by atoms with van der Waals surface area (Å²) < 4.78 is 10.7. The molecular weight excluding hydrogens is 372 g/mol. The third-order valence-corrected chi connectivity index (χ3v) is 5.40. The Morgan fingerprint density at radius 2 is 1.59 bits per heavy atom. The van der Waals surface area contributed by atoms with Crippen LogP contribution in [0.15, 0.2) is 42.5 Å². The summed E-state index contributed by atoms with van der Waals surface area (Å²) in [6.45, 7) is 4.79. The van der Waals surface area contributed by atoms with Crippen LogP contribution in [-0.4, -0.2) is 67.2 Å². The molecule has 3 rings (SSSR count). The summed E-state index contributed by atoms with van der Waals surface area (Å²) in [5, 5.41) is 9.13. The highest BCUT2D eigenvalue weighted by Crippen LogP contribution is 2.32. The molecule has 2 aromatic rings. The van der Waals surface area contributed by atoms with Crippen LogP contribution in [0.25, 0.3) is 0 Å². The number of carboxylic acid groups (broad SMARTS) is 1. The summed E-state index contributed by atoms with van der Waals surface area (Å²) in [4.78, 5) is 28.0. The zero-order chi connectivity index (χ0) is 21.0. The molecule has 1 saturated heterocycles. The number of hydrogen-bond donors (Lipinski definition) is 1. The predicted molar refractivity (Wildman–Crippen MR) is 109 cm³/mol. The lowest BCUT2D eigenvalue weighted by Gasteiger charge is -2.38. The number of carbonyl (C=O) groups excluding carboxylic acids is 1. The third kappa shape index (κ3) is 4.51. The van der Waals surface area contributed by atoms with Gasteiger partial charge in [-0.2, -0.15) is 0 Å². The number of methoxy groups -OCH3 is 2. The maximum absolute atomic E-state index is 12.8. The van der Waals surface area contributed by atoms with Crippen molar-refractivity contribution in [2.24, 2.45) is 0 Å². The van der Waals surface area contributed by atoms with Gasteiger partial charge in [0.05, 0.1) is 19.8 Å². The van der Waals surface area contributed by atoms with Gasteiger partial charge in [-0.1, -0.05) is 12.1 Å². The van der Waals surface area contributed by atoms with Crippen LogP contribution in [0, 0.1) is 0 Å². The second-order valence-corrected chi connectivity index (χ2v) is 7.00. The van der Waals surface area contributed by atoms with Gasteiger partial charge in [0.1, 0.15) is 0 Å². The highest BCUT2D eigenvalue weighted by Gasteiger charge is 2.26. The van der Waals surface area contributed by atoms with Gasteiger partial charge < -0.3 is 19.5 Å². The summed E-state index contributed by atoms with van der Waals surface area (Å²) in [7, 11) is 3.24. The van der Waals surface area contributed by atoms with Crippen molar-refractivity contribution in [3.05, 3.63) is 59.2 Å². The second kappa shape index (κ2) is 8.96. The summed E-state index contributed by atoms with van der Waals surface area (Å²) in [6.07, 6.45) is 0. The van der Waals surface area contributed by atoms with Crippen LogP contribution in [0.1, 0.15) is 39.2 Å². The second-order valence-electron chi connectivity index (χ2n) is 7.00. The van der Waals surface area contributed by atoms with E-state index in [-0.39, 0.29) is 17.5 Å². The topological polar surface area (TPSA) is 79.3 Å². The highest BCUT2D eigenvalue weighted by molar-refractivity contribution is 5.97. The lowest BCUT2D eigenvalue weighted by atomic mass is 10.0. The molecule has 1 unspecified atom stereocenters. The Bertz CT molecular complexity index is 891. The summed E-state index contributed by atoms with van der Waals surface area (Å²) in [5.74, 6) is 0.228. The molecule has 7 nitrogen and oxygen atoms in total. The minimum absolute atomic E-state index is 0.122. The molecule has 0 radical (unpaired) electrons. The molecular formula is C22H26N2O5. The molecule has 7 heteroatoms. The van der Waals surface area contributed by atoms with E-state index < -0.39 is 5.97 Å². The number of aromatic carboxylic acids is 1. The zero-order valence-corrected chi connectivity index (χ0v) is 16.9. The molecule has 1 amide bonds. The number of piperazine rings is 1. The lowest BCUT2D eigenvalue weighted by molar-refractivity contribution is 0.0582. The van der Waals surface area contributed by atoms with Gasteiger partial charge in [-0.3, -0.25) is 9.69 Å². The summed E-state index contributed by atoms with van der Waals surface area (Å²) in [5.41, 5.74) is 1.65. The van der Waals surface area contributed by atoms with E-state index >= 15 is 0 Å². The number of ether oxygens (including phenoxy) is 2. The molecule has 0 spiro atoms. The Labute approximate surface area is 170 Å². The summed E-state index contributed by atoms with van der Waals surface area (Å²) >= 11 is 0. The van der Waals surface area contributed by atoms with Gasteiger partial charge in [-0.15, -0.1) is 0 Å². The molecule has 1 N–H and O–H groups in total. The fraction of sp³-hybridized carbons (Fsp3) is 0.364. The van der Waals surface area contributed by atoms with Crippen molar-refractivity contribution in [2.75, 3.05) is 40.4 Å². The molecule has 29 heavy (non-hydrogen) atoms. The highest BCUT2D eigenvalue weighted by atomic mass is 16.5. The van der Waals surface area contributed by atoms with E-state index in [0.717, 1.165) is 18.7 Å². The van der Waals surface area contributed by atoms with Crippen LogP contribution in [0.2, 0.25) is 0 Å². The Morgan fingerprint density at radius 1 is 0.931 bits per heavy atom. The van der Waals surface area contributed by atoms with E-state index in [2.05, 4.69) is 11.8 Å². The van der Waals surface area contributed by atoms with Crippen molar-refractivity contribution in [2.45, 2.75) is 13.0 Å². The average molecular weight is 398 g/mol. The van der Waals surface area contributed by atoms with Crippen LogP contribution in [-0.2, 0) is 0 Å². The first-order valence-electron chi connectivity index (χ1n) is 9.53. The number of rotatable bonds is 6. The molecule has 1 aliphatic rings. The maximum Gasteiger partial charge on any atom is 0.335 e. The minimum atomic E-state index is -1.03. The van der Waals surface area contributed by atoms with E-state index in [1.165, 1.54) is 12.1 Å². The van der Waals surface area contributed by atoms with E-state index in [4.69, 9.17) is 14.6 Å². The smallest absolute Gasteiger partial charge is 0.335 e. The van der Waals surface area contributed by atoms with E-state index in [0.29, 0.717) is 30.2 Å². The molecule has 1 aliphatic heterocycles. The van der Waals surface area contributed by atoms with Gasteiger partial charge in [0.25, 0.3) is 5.91 Å². The van der Waals surface area contributed by atoms with Crippen LogP contribution >= 0.6 is 0 Å². The Hall–Kier alpha value is -3.06. The van der Waals surface area contributed by atoms with Gasteiger partial charge in [0.2, 0.25) is 0 Å². The number of amides is 1. The third-order valence-electron chi connectivity index (χ3n) is 5.40. The molecule has 154 valence electrons. The van der Waals surface area contributed by atoms with Gasteiger partial charge in [-0.25, -0.2) is 4.79 Å². The summed E-state index contributed by atoms with van der Waals surface area (Å²) in [6, 6.07) is 12.3. The van der Waals surface area contributed by atoms with Gasteiger partial charge >= 0.3 is 5.97 Å². The molecule has 1 heterocycles. The first-order valence-corrected chi connectivity index (χ1v) is 9.53. The van der Waals surface area contributed by atoms with Crippen molar-refractivity contribution in [1.82, 2.24) is 9.80 Å². The number of hydrogen-bond acceptors (Lipinski definition) is 5. The monoisotopic (exact) mass is 398 g/mol. The van der Waals surface area contributed by atoms with Crippen LogP contribution in [0.3, 0.4) is 0 Å². The molecule has 2 aromatic carbocycles. The van der Waals surface area contributed by atoms with Gasteiger partial charge in [0, 0.05) is 37.8 Å². The molecule has 0 aliphatic carbocycles. The van der Waals surface area contributed by atoms with E-state index in [1.807, 2.05) is 18.2 Å². The molecule has 0 saturated carbocycles. The van der Waals surface area contributed by atoms with Crippen molar-refractivity contribution in [3.8, 4) is 11.5 Å². The molecule has 1 atom stereocenters. The van der Waals surface area contributed by atoms with E-state index in [9.17, 15) is 9.59 Å². The van der Waals surface area contributed by atoms with Crippen molar-refractivity contribution < 1.29 is 24.2 Å². The molecule has 0 bridgehead atoms. The normalized spacial score (nSPS) is 15.6. The quantitative estimate of drug-likeness (QED) is 0.806. The fourth-order valence-electron chi connectivity index (χ4n) is 3.60. The van der Waals surface area contributed by atoms with Crippen molar-refractivity contribution >= 4 is 11.9 Å². The first-order chi connectivity index (χ1) is 13.9. The van der Waals surface area contributed by atoms with Crippen LogP contribution < -0.4 is 9.47 Å². The SMILES string of the molecule is COc1ccc(C(C)N2CCN(C(=O)c3cccc(C(=O)O)c3)CC2)cc1OC. The number of benzene rings is 2. The Kier molecular flexibility index (Phi) is 6.39. The molecule has 0 aromatic heterocycles. The van der Waals surface area contributed by atoms with Crippen molar-refractivity contribution in [3.63, 3.8) is 0 Å². The lowest BCUT2D eigenvalue weighted by Crippen LogP contribution is -2.49. The number of carboxylic acids is 1. The maximum atomic E-state index is 12.8. The Morgan fingerprint density at radius 3 is 2.21 bits per heavy atom. The van der Waals surface area contributed by atoms with Gasteiger partial charge in [-0.05, 0) is 42.8 Å². The molecule has 1 fully saturated rings. The van der Waals surface area contributed by atoms with Crippen LogP contribution in [0.5, 0.6) is 11.5 Å². The Balaban J connectivity index is 1.65. The first kappa shape index (κ1) is 20.7. The number of nitrogens with zero attached hydrogens (tertiary/aromatic N) is 2. The van der Waals surface area contributed by atoms with Crippen molar-refractivity contribution in [1.29, 1.82) is 0 Å². The zero-order valence-electron chi connectivity index (χ0n) is 16.9. The minimum Gasteiger partial charge on any atom is -0.493 e.